The third-order valence-corrected chi connectivity index (χ3v) is 20.1. The fraction of sp³-hybridized carbons (Fsp3) is 0.273. The summed E-state index contributed by atoms with van der Waals surface area (Å²) >= 11 is 0. The largest absolute Gasteiger partial charge is 0.502 e. The van der Waals surface area contributed by atoms with Crippen LogP contribution in [0.2, 0.25) is 0 Å². The number of hydrogen-bond donors (Lipinski definition) is 0. The van der Waals surface area contributed by atoms with Gasteiger partial charge in [0.25, 0.3) is 0 Å². The summed E-state index contributed by atoms with van der Waals surface area (Å²) in [5.41, 5.74) is 5.55. The van der Waals surface area contributed by atoms with Crippen LogP contribution in [0.3, 0.4) is 0 Å². The van der Waals surface area contributed by atoms with E-state index in [2.05, 4.69) is 226 Å². The highest BCUT2D eigenvalue weighted by atomic mass is 16.5. The minimum absolute atomic E-state index is 0.0390. The SMILES string of the molecule is C=COCC(COC=C)(COC=C)COCC(COC=C)(COC=C)COC=C.C=COCC1CCC(COC=C)CC1.C=COCCOc1ccc(C(C)(C)c2ccc(OCCOC=C)cc2)cc1.C=COc1ccc(C(c2ccc(OC=C)cc2)C(c2ccc(OC=C)cc2)c2ccc(OC=C)cc2)cc1.C=COc1ccccc1.C=COc1ccccc1.C=COc1ccccc1.CCC.CCC. The van der Waals surface area contributed by atoms with Gasteiger partial charge in [0, 0.05) is 17.3 Å². The zero-order valence-electron chi connectivity index (χ0n) is 84.0. The van der Waals surface area contributed by atoms with Crippen molar-refractivity contribution in [2.24, 2.45) is 22.7 Å². The summed E-state index contributed by atoms with van der Waals surface area (Å²) in [6.45, 7) is 79.2. The van der Waals surface area contributed by atoms with Gasteiger partial charge >= 0.3 is 0 Å². The molecule has 0 aliphatic heterocycles. The van der Waals surface area contributed by atoms with Gasteiger partial charge in [0.15, 0.2) is 0 Å². The molecule has 1 aliphatic rings. The Morgan fingerprint density at radius 2 is 0.433 bits per heavy atom. The zero-order valence-corrected chi connectivity index (χ0v) is 84.0. The van der Waals surface area contributed by atoms with Crippen molar-refractivity contribution < 1.29 is 94.7 Å². The number of benzene rings is 9. The molecule has 0 unspecified atom stereocenters. The van der Waals surface area contributed by atoms with E-state index in [0.29, 0.717) is 38.3 Å². The van der Waals surface area contributed by atoms with Crippen LogP contribution in [0, 0.1) is 22.7 Å². The second kappa shape index (κ2) is 78.7. The Morgan fingerprint density at radius 3 is 0.631 bits per heavy atom. The molecular weight excluding hydrogens is 1770 g/mol. The van der Waals surface area contributed by atoms with Gasteiger partial charge in [-0.25, -0.2) is 0 Å². The quantitative estimate of drug-likeness (QED) is 0.0259. The molecule has 0 aromatic heterocycles. The summed E-state index contributed by atoms with van der Waals surface area (Å²) in [6, 6.07) is 77.3. The maximum absolute atomic E-state index is 6.06. The third kappa shape index (κ3) is 52.2. The molecule has 1 aliphatic carbocycles. The lowest BCUT2D eigenvalue weighted by Gasteiger charge is -2.35. The van der Waals surface area contributed by atoms with Gasteiger partial charge in [0.05, 0.1) is 144 Å². The van der Waals surface area contributed by atoms with Gasteiger partial charge in [-0.1, -0.05) is 294 Å². The van der Waals surface area contributed by atoms with Crippen LogP contribution in [0.15, 0.2) is 455 Å². The molecule has 0 radical (unpaired) electrons. The van der Waals surface area contributed by atoms with E-state index in [4.69, 9.17) is 94.7 Å². The first-order chi connectivity index (χ1) is 68.8. The van der Waals surface area contributed by atoms with E-state index in [1.165, 1.54) is 156 Å². The summed E-state index contributed by atoms with van der Waals surface area (Å²) in [4.78, 5) is 0. The fourth-order valence-corrected chi connectivity index (χ4v) is 13.4. The van der Waals surface area contributed by atoms with E-state index in [-0.39, 0.29) is 70.1 Å². The molecule has 0 atom stereocenters. The molecule has 0 saturated heterocycles. The van der Waals surface area contributed by atoms with Crippen LogP contribution in [0.25, 0.3) is 0 Å². The zero-order chi connectivity index (χ0) is 103. The Morgan fingerprint density at radius 1 is 0.234 bits per heavy atom. The Kier molecular flexibility index (Phi) is 68.0. The first kappa shape index (κ1) is 122. The molecular formula is C121H152O20. The van der Waals surface area contributed by atoms with Crippen LogP contribution in [0.1, 0.15) is 125 Å². The molecule has 20 heteroatoms. The van der Waals surface area contributed by atoms with Gasteiger partial charge in [0.2, 0.25) is 0 Å². The monoisotopic (exact) mass is 1930 g/mol. The van der Waals surface area contributed by atoms with E-state index in [9.17, 15) is 0 Å². The minimum Gasteiger partial charge on any atom is -0.502 e. The van der Waals surface area contributed by atoms with Crippen LogP contribution in [-0.2, 0) is 57.5 Å². The van der Waals surface area contributed by atoms with Crippen LogP contribution in [-0.4, -0.2) is 92.5 Å². The van der Waals surface area contributed by atoms with Crippen LogP contribution >= 0.6 is 0 Å². The Bertz CT molecular complexity index is 4320. The summed E-state index contributed by atoms with van der Waals surface area (Å²) in [5, 5.41) is 0. The van der Waals surface area contributed by atoms with Crippen molar-refractivity contribution in [2.45, 2.75) is 97.3 Å². The molecule has 0 heterocycles. The second-order valence-electron chi connectivity index (χ2n) is 31.3. The average molecular weight is 1930 g/mol. The van der Waals surface area contributed by atoms with Crippen molar-refractivity contribution in [3.63, 3.8) is 0 Å². The van der Waals surface area contributed by atoms with Crippen molar-refractivity contribution in [3.05, 3.63) is 488 Å². The van der Waals surface area contributed by atoms with Crippen molar-refractivity contribution in [1.29, 1.82) is 0 Å². The van der Waals surface area contributed by atoms with Crippen LogP contribution in [0.4, 0.5) is 0 Å². The number of para-hydroxylation sites is 3. The molecule has 0 spiro atoms. The van der Waals surface area contributed by atoms with Crippen LogP contribution in [0.5, 0.6) is 51.7 Å². The third-order valence-electron chi connectivity index (χ3n) is 20.1. The predicted octanol–water partition coefficient (Wildman–Crippen LogP) is 30.3. The topological polar surface area (TPSA) is 185 Å². The minimum atomic E-state index is -0.625. The lowest BCUT2D eigenvalue weighted by molar-refractivity contribution is -0.109. The molecule has 1 saturated carbocycles. The predicted molar refractivity (Wildman–Crippen MR) is 575 cm³/mol. The summed E-state index contributed by atoms with van der Waals surface area (Å²) in [6.07, 6.45) is 31.5. The van der Waals surface area contributed by atoms with E-state index >= 15 is 0 Å². The Hall–Kier alpha value is -15.3. The first-order valence-corrected chi connectivity index (χ1v) is 46.6. The van der Waals surface area contributed by atoms with Crippen molar-refractivity contribution in [2.75, 3.05) is 92.5 Å². The molecule has 0 amide bonds. The van der Waals surface area contributed by atoms with E-state index in [1.54, 1.807) is 0 Å². The normalized spacial score (nSPS) is 11.6. The highest BCUT2D eigenvalue weighted by molar-refractivity contribution is 5.49. The van der Waals surface area contributed by atoms with E-state index in [0.717, 1.165) is 87.2 Å². The lowest BCUT2D eigenvalue weighted by Crippen LogP contribution is -2.44. The lowest BCUT2D eigenvalue weighted by atomic mass is 9.73. The molecule has 0 bridgehead atoms. The Labute approximate surface area is 842 Å². The summed E-state index contributed by atoms with van der Waals surface area (Å²) < 4.78 is 107. The van der Waals surface area contributed by atoms with Gasteiger partial charge in [-0.2, -0.15) is 0 Å². The molecule has 9 aromatic carbocycles. The number of ether oxygens (including phenoxy) is 20. The molecule has 756 valence electrons. The van der Waals surface area contributed by atoms with Crippen molar-refractivity contribution >= 4 is 0 Å². The molecule has 20 nitrogen and oxygen atoms in total. The maximum atomic E-state index is 6.06. The smallest absolute Gasteiger partial charge is 0.126 e. The van der Waals surface area contributed by atoms with Gasteiger partial charge in [-0.05, 0) is 180 Å². The van der Waals surface area contributed by atoms with Gasteiger partial charge in [-0.3, -0.25) is 0 Å². The molecule has 0 N–H and O–H groups in total. The highest BCUT2D eigenvalue weighted by Gasteiger charge is 2.39. The van der Waals surface area contributed by atoms with Gasteiger partial charge < -0.3 is 94.7 Å². The number of hydrogen-bond acceptors (Lipinski definition) is 20. The first-order valence-electron chi connectivity index (χ1n) is 46.6. The molecule has 141 heavy (non-hydrogen) atoms. The van der Waals surface area contributed by atoms with Crippen molar-refractivity contribution in [1.82, 2.24) is 0 Å². The average Bonchev–Trinajstić information content (AvgIpc) is 0.767. The molecule has 1 fully saturated rings. The van der Waals surface area contributed by atoms with Gasteiger partial charge in [-0.15, -0.1) is 0 Å². The van der Waals surface area contributed by atoms with Gasteiger partial charge in [0.1, 0.15) is 118 Å². The maximum Gasteiger partial charge on any atom is 0.126 e. The number of rotatable bonds is 59. The standard InChI is InChI=1S/C34H30O4.C23H28O4.C22H34O7.C12H20O2.3C8H8O.2C3H8/c1-5-35-29-17-9-25(10-18-29)33(26-11-19-30(20-12-26)36-6-2)34(27-13-21-31(22-14-27)37-7-3)28-15-23-32(24-16-28)38-8-4;1-5-24-15-17-26-21-11-7-19(8-12-21)23(3,4)20-9-13-22(14-10-20)27-18-16-25-6-2;1-7-23-13-21(14-24-8-2,15-25-9-3)19-29-20-22(16-26-10-4,17-27-11-5)18-28-12-6;1-3-13-9-11-5-7-12(8-6-11)10-14-4-2;3*1-2-9-8-6-4-3-5-7-8;2*1-3-2/h5-24,33-34H,1-4H2;5-14H,1-2,15-18H2,3-4H3;7-12H,1-6,13-20H2;3-4,11-12H,1-2,5-10H2;3*2-7H,1H2;2*3H2,1-2H3. The van der Waals surface area contributed by atoms with E-state index < -0.39 is 10.8 Å². The highest BCUT2D eigenvalue weighted by Crippen LogP contribution is 2.45. The molecule has 10 rings (SSSR count). The van der Waals surface area contributed by atoms with Crippen LogP contribution < -0.4 is 42.6 Å². The summed E-state index contributed by atoms with van der Waals surface area (Å²) in [5.74, 6) is 8.40. The second-order valence-corrected chi connectivity index (χ2v) is 31.3. The summed E-state index contributed by atoms with van der Waals surface area (Å²) in [7, 11) is 0. The van der Waals surface area contributed by atoms with E-state index in [1.807, 2.05) is 164 Å². The fourth-order valence-electron chi connectivity index (χ4n) is 13.4. The Balaban J connectivity index is 0.000000586. The van der Waals surface area contributed by atoms with Crippen molar-refractivity contribution in [3.8, 4) is 51.7 Å². The molecule has 9 aromatic rings.